The van der Waals surface area contributed by atoms with Crippen LogP contribution in [0.5, 0.6) is 0 Å². The molecule has 72 valence electrons. The van der Waals surface area contributed by atoms with Crippen LogP contribution in [0.25, 0.3) is 0 Å². The molecule has 0 amide bonds. The molecule has 13 heavy (non-hydrogen) atoms. The van der Waals surface area contributed by atoms with Crippen molar-refractivity contribution in [2.24, 2.45) is 0 Å². The summed E-state index contributed by atoms with van der Waals surface area (Å²) in [6, 6.07) is -0.512. The summed E-state index contributed by atoms with van der Waals surface area (Å²) < 4.78 is 6.00. The lowest BCUT2D eigenvalue weighted by atomic mass is 10.3. The third kappa shape index (κ3) is 1.83. The van der Waals surface area contributed by atoms with Crippen molar-refractivity contribution in [3.8, 4) is 0 Å². The second kappa shape index (κ2) is 3.99. The average Bonchev–Trinajstić information content (AvgIpc) is 2.62. The molecular formula is C7H11N3O3. The predicted molar refractivity (Wildman–Crippen MR) is 42.7 cm³/mol. The minimum Gasteiger partial charge on any atom is -0.467 e. The lowest BCUT2D eigenvalue weighted by Gasteiger charge is -2.11. The van der Waals surface area contributed by atoms with Crippen molar-refractivity contribution in [2.45, 2.75) is 19.6 Å². The Morgan fingerprint density at radius 1 is 1.85 bits per heavy atom. The maximum Gasteiger partial charge on any atom is 0.328 e. The number of methoxy groups -OCH3 is 1. The molecule has 1 atom stereocenters. The van der Waals surface area contributed by atoms with Crippen molar-refractivity contribution in [1.82, 2.24) is 14.8 Å². The lowest BCUT2D eigenvalue weighted by molar-refractivity contribution is -0.144. The second-order valence-electron chi connectivity index (χ2n) is 2.51. The van der Waals surface area contributed by atoms with Crippen molar-refractivity contribution in [1.29, 1.82) is 0 Å². The minimum absolute atomic E-state index is 0.249. The van der Waals surface area contributed by atoms with Crippen molar-refractivity contribution in [3.05, 3.63) is 12.2 Å². The van der Waals surface area contributed by atoms with E-state index in [1.54, 1.807) is 6.92 Å². The van der Waals surface area contributed by atoms with E-state index in [0.717, 1.165) is 0 Å². The maximum absolute atomic E-state index is 11.1. The molecule has 1 rings (SSSR count). The van der Waals surface area contributed by atoms with Crippen LogP contribution in [0.15, 0.2) is 6.33 Å². The van der Waals surface area contributed by atoms with E-state index in [1.165, 1.54) is 18.0 Å². The standard InChI is InChI=1S/C7H11N3O3/c1-5(7(12)13-2)10-4-8-9-6(10)3-11/h4-5,11H,3H2,1-2H3. The number of esters is 1. The van der Waals surface area contributed by atoms with E-state index < -0.39 is 12.0 Å². The van der Waals surface area contributed by atoms with E-state index in [4.69, 9.17) is 5.11 Å². The molecule has 0 radical (unpaired) electrons. The molecule has 0 bridgehead atoms. The molecule has 1 N–H and O–H groups in total. The molecule has 0 saturated heterocycles. The average molecular weight is 185 g/mol. The Labute approximate surface area is 75.2 Å². The first-order valence-corrected chi connectivity index (χ1v) is 3.77. The fraction of sp³-hybridized carbons (Fsp3) is 0.571. The second-order valence-corrected chi connectivity index (χ2v) is 2.51. The molecule has 0 spiro atoms. The normalized spacial score (nSPS) is 12.5. The van der Waals surface area contributed by atoms with Gasteiger partial charge in [0, 0.05) is 0 Å². The largest absolute Gasteiger partial charge is 0.467 e. The molecule has 1 heterocycles. The van der Waals surface area contributed by atoms with Crippen molar-refractivity contribution in [2.75, 3.05) is 7.11 Å². The van der Waals surface area contributed by atoms with Crippen LogP contribution in [-0.4, -0.2) is 33.0 Å². The molecule has 6 heteroatoms. The number of ether oxygens (including phenoxy) is 1. The Hall–Kier alpha value is -1.43. The van der Waals surface area contributed by atoms with Crippen molar-refractivity contribution < 1.29 is 14.6 Å². The highest BCUT2D eigenvalue weighted by molar-refractivity contribution is 5.73. The molecule has 0 saturated carbocycles. The SMILES string of the molecule is COC(=O)C(C)n1cnnc1CO. The highest BCUT2D eigenvalue weighted by Crippen LogP contribution is 2.09. The van der Waals surface area contributed by atoms with Crippen LogP contribution in [0, 0.1) is 0 Å². The summed E-state index contributed by atoms with van der Waals surface area (Å²) in [7, 11) is 1.31. The lowest BCUT2D eigenvalue weighted by Crippen LogP contribution is -2.19. The zero-order chi connectivity index (χ0) is 9.84. The summed E-state index contributed by atoms with van der Waals surface area (Å²) in [5.74, 6) is -0.0487. The van der Waals surface area contributed by atoms with E-state index in [9.17, 15) is 4.79 Å². The summed E-state index contributed by atoms with van der Waals surface area (Å²) >= 11 is 0. The van der Waals surface area contributed by atoms with Crippen molar-refractivity contribution in [3.63, 3.8) is 0 Å². The smallest absolute Gasteiger partial charge is 0.328 e. The molecule has 0 aromatic carbocycles. The monoisotopic (exact) mass is 185 g/mol. The summed E-state index contributed by atoms with van der Waals surface area (Å²) in [6.45, 7) is 1.40. The van der Waals surface area contributed by atoms with Crippen LogP contribution in [0.3, 0.4) is 0 Å². The van der Waals surface area contributed by atoms with E-state index in [-0.39, 0.29) is 6.61 Å². The van der Waals surface area contributed by atoms with Gasteiger partial charge in [-0.25, -0.2) is 4.79 Å². The van der Waals surface area contributed by atoms with E-state index in [0.29, 0.717) is 5.82 Å². The Balaban J connectivity index is 2.87. The summed E-state index contributed by atoms with van der Waals surface area (Å²) in [5.41, 5.74) is 0. The fourth-order valence-electron chi connectivity index (χ4n) is 0.987. The van der Waals surface area contributed by atoms with Gasteiger partial charge in [-0.1, -0.05) is 0 Å². The van der Waals surface area contributed by atoms with Crippen LogP contribution >= 0.6 is 0 Å². The Morgan fingerprint density at radius 3 is 3.08 bits per heavy atom. The molecule has 0 aliphatic carbocycles. The highest BCUT2D eigenvalue weighted by Gasteiger charge is 2.18. The van der Waals surface area contributed by atoms with Crippen LogP contribution in [0.2, 0.25) is 0 Å². The van der Waals surface area contributed by atoms with Gasteiger partial charge in [0.1, 0.15) is 19.0 Å². The molecule has 1 unspecified atom stereocenters. The molecule has 0 aliphatic heterocycles. The van der Waals surface area contributed by atoms with Gasteiger partial charge in [0.25, 0.3) is 0 Å². The zero-order valence-electron chi connectivity index (χ0n) is 7.47. The van der Waals surface area contributed by atoms with Crippen LogP contribution in [0.4, 0.5) is 0 Å². The number of aromatic nitrogens is 3. The van der Waals surface area contributed by atoms with Gasteiger partial charge >= 0.3 is 5.97 Å². The molecule has 0 fully saturated rings. The van der Waals surface area contributed by atoms with Gasteiger partial charge in [-0.15, -0.1) is 10.2 Å². The summed E-state index contributed by atoms with van der Waals surface area (Å²) in [5, 5.41) is 16.0. The number of hydrogen-bond donors (Lipinski definition) is 1. The Morgan fingerprint density at radius 2 is 2.54 bits per heavy atom. The number of aliphatic hydroxyl groups is 1. The number of rotatable bonds is 3. The maximum atomic E-state index is 11.1. The Bertz CT molecular complexity index is 297. The topological polar surface area (TPSA) is 77.2 Å². The Kier molecular flexibility index (Phi) is 2.97. The number of carbonyl (C=O) groups excluding carboxylic acids is 1. The van der Waals surface area contributed by atoms with Gasteiger partial charge in [-0.3, -0.25) is 0 Å². The fourth-order valence-corrected chi connectivity index (χ4v) is 0.987. The number of nitrogens with zero attached hydrogens (tertiary/aromatic N) is 3. The van der Waals surface area contributed by atoms with Crippen LogP contribution < -0.4 is 0 Å². The van der Waals surface area contributed by atoms with Crippen molar-refractivity contribution >= 4 is 5.97 Å². The van der Waals surface area contributed by atoms with Gasteiger partial charge in [0.15, 0.2) is 5.82 Å². The van der Waals surface area contributed by atoms with E-state index >= 15 is 0 Å². The molecule has 6 nitrogen and oxygen atoms in total. The first-order chi connectivity index (χ1) is 6.20. The molecule has 1 aromatic rings. The number of aliphatic hydroxyl groups excluding tert-OH is 1. The van der Waals surface area contributed by atoms with Gasteiger partial charge in [-0.05, 0) is 6.92 Å². The van der Waals surface area contributed by atoms with E-state index in [1.807, 2.05) is 0 Å². The summed E-state index contributed by atoms with van der Waals surface area (Å²) in [6.07, 6.45) is 1.38. The molecule has 0 aliphatic rings. The minimum atomic E-state index is -0.512. The third-order valence-electron chi connectivity index (χ3n) is 1.75. The van der Waals surface area contributed by atoms with E-state index in [2.05, 4.69) is 14.9 Å². The predicted octanol–water partition coefficient (Wildman–Crippen LogP) is -0.496. The summed E-state index contributed by atoms with van der Waals surface area (Å²) in [4.78, 5) is 11.1. The van der Waals surface area contributed by atoms with Gasteiger partial charge < -0.3 is 14.4 Å². The highest BCUT2D eigenvalue weighted by atomic mass is 16.5. The first-order valence-electron chi connectivity index (χ1n) is 3.77. The van der Waals surface area contributed by atoms with Crippen LogP contribution in [0.1, 0.15) is 18.8 Å². The molecule has 1 aromatic heterocycles. The number of hydrogen-bond acceptors (Lipinski definition) is 5. The van der Waals surface area contributed by atoms with Gasteiger partial charge in [0.2, 0.25) is 0 Å². The van der Waals surface area contributed by atoms with Gasteiger partial charge in [0.05, 0.1) is 7.11 Å². The third-order valence-corrected chi connectivity index (χ3v) is 1.75. The van der Waals surface area contributed by atoms with Crippen LogP contribution in [-0.2, 0) is 16.1 Å². The first kappa shape index (κ1) is 9.66. The van der Waals surface area contributed by atoms with Gasteiger partial charge in [-0.2, -0.15) is 0 Å². The number of carbonyl (C=O) groups is 1. The quantitative estimate of drug-likeness (QED) is 0.642. The molecular weight excluding hydrogens is 174 g/mol. The zero-order valence-corrected chi connectivity index (χ0v) is 7.47.